The van der Waals surface area contributed by atoms with Crippen LogP contribution in [0.3, 0.4) is 0 Å². The number of nitro benzene ring substituents is 1. The molecule has 0 saturated heterocycles. The standard InChI is InChI=1S/C11H15N3O5S/c1-3-4-13-11(15)9-5-8(20(12,18)19)6-10(7(9)2)14(16)17/h5-6H,3-4H2,1-2H3,(H,13,15)(H2,12,18,19). The summed E-state index contributed by atoms with van der Waals surface area (Å²) in [5, 5.41) is 18.4. The van der Waals surface area contributed by atoms with Crippen LogP contribution in [0, 0.1) is 17.0 Å². The summed E-state index contributed by atoms with van der Waals surface area (Å²) in [7, 11) is -4.14. The van der Waals surface area contributed by atoms with Crippen molar-refractivity contribution in [2.75, 3.05) is 6.54 Å². The van der Waals surface area contributed by atoms with E-state index in [4.69, 9.17) is 5.14 Å². The Morgan fingerprint density at radius 2 is 2.05 bits per heavy atom. The zero-order valence-electron chi connectivity index (χ0n) is 11.0. The van der Waals surface area contributed by atoms with E-state index in [0.29, 0.717) is 13.0 Å². The van der Waals surface area contributed by atoms with Gasteiger partial charge in [0.05, 0.1) is 15.4 Å². The molecule has 110 valence electrons. The maximum atomic E-state index is 11.9. The molecule has 1 rings (SSSR count). The van der Waals surface area contributed by atoms with E-state index in [9.17, 15) is 23.3 Å². The summed E-state index contributed by atoms with van der Waals surface area (Å²) in [6.07, 6.45) is 0.682. The van der Waals surface area contributed by atoms with E-state index in [0.717, 1.165) is 12.1 Å². The van der Waals surface area contributed by atoms with Crippen LogP contribution in [-0.4, -0.2) is 25.8 Å². The van der Waals surface area contributed by atoms with Crippen molar-refractivity contribution in [3.8, 4) is 0 Å². The second-order valence-corrected chi connectivity index (χ2v) is 5.73. The van der Waals surface area contributed by atoms with E-state index < -0.39 is 31.4 Å². The predicted octanol–water partition coefficient (Wildman–Crippen LogP) is 0.690. The monoisotopic (exact) mass is 301 g/mol. The molecule has 1 amide bonds. The predicted molar refractivity (Wildman–Crippen MR) is 71.8 cm³/mol. The number of benzene rings is 1. The van der Waals surface area contributed by atoms with E-state index in [2.05, 4.69) is 5.32 Å². The molecule has 20 heavy (non-hydrogen) atoms. The number of hydrogen-bond donors (Lipinski definition) is 2. The Labute approximate surface area is 116 Å². The number of carbonyl (C=O) groups is 1. The van der Waals surface area contributed by atoms with Crippen molar-refractivity contribution in [2.45, 2.75) is 25.2 Å². The summed E-state index contributed by atoms with van der Waals surface area (Å²) in [6.45, 7) is 3.61. The molecule has 0 spiro atoms. The average molecular weight is 301 g/mol. The van der Waals surface area contributed by atoms with Gasteiger partial charge in [0.15, 0.2) is 0 Å². The first-order chi connectivity index (χ1) is 9.18. The normalized spacial score (nSPS) is 11.2. The third kappa shape index (κ3) is 3.52. The van der Waals surface area contributed by atoms with Crippen molar-refractivity contribution >= 4 is 21.6 Å². The van der Waals surface area contributed by atoms with Gasteiger partial charge in [0.25, 0.3) is 11.6 Å². The van der Waals surface area contributed by atoms with Crippen molar-refractivity contribution in [3.05, 3.63) is 33.4 Å². The maximum absolute atomic E-state index is 11.9. The molecule has 8 nitrogen and oxygen atoms in total. The first kappa shape index (κ1) is 16.1. The SMILES string of the molecule is CCCNC(=O)c1cc(S(N)(=O)=O)cc([N+](=O)[O-])c1C. The summed E-state index contributed by atoms with van der Waals surface area (Å²) >= 11 is 0. The van der Waals surface area contributed by atoms with Crippen molar-refractivity contribution in [3.63, 3.8) is 0 Å². The fourth-order valence-electron chi connectivity index (χ4n) is 1.60. The number of nitrogens with zero attached hydrogens (tertiary/aromatic N) is 1. The molecule has 0 atom stereocenters. The van der Waals surface area contributed by atoms with Gasteiger partial charge in [-0.3, -0.25) is 14.9 Å². The molecule has 0 aliphatic heterocycles. The zero-order valence-corrected chi connectivity index (χ0v) is 11.9. The van der Waals surface area contributed by atoms with E-state index >= 15 is 0 Å². The molecule has 0 fully saturated rings. The average Bonchev–Trinajstić information content (AvgIpc) is 2.34. The van der Waals surface area contributed by atoms with Crippen LogP contribution in [0.5, 0.6) is 0 Å². The van der Waals surface area contributed by atoms with Gasteiger partial charge in [0.2, 0.25) is 10.0 Å². The Bertz CT molecular complexity index is 654. The molecule has 0 aromatic heterocycles. The fourth-order valence-corrected chi connectivity index (χ4v) is 2.15. The molecule has 0 radical (unpaired) electrons. The van der Waals surface area contributed by atoms with E-state index in [-0.39, 0.29) is 11.1 Å². The van der Waals surface area contributed by atoms with Crippen molar-refractivity contribution in [2.24, 2.45) is 5.14 Å². The Morgan fingerprint density at radius 3 is 2.50 bits per heavy atom. The topological polar surface area (TPSA) is 132 Å². The molecular formula is C11H15N3O5S. The van der Waals surface area contributed by atoms with E-state index in [1.165, 1.54) is 6.92 Å². The molecular weight excluding hydrogens is 286 g/mol. The number of amides is 1. The Hall–Kier alpha value is -2.00. The number of nitrogens with one attached hydrogen (secondary N) is 1. The lowest BCUT2D eigenvalue weighted by Gasteiger charge is -2.09. The third-order valence-corrected chi connectivity index (χ3v) is 3.55. The van der Waals surface area contributed by atoms with E-state index in [1.54, 1.807) is 0 Å². The molecule has 0 heterocycles. The highest BCUT2D eigenvalue weighted by molar-refractivity contribution is 7.89. The van der Waals surface area contributed by atoms with Gasteiger partial charge in [-0.25, -0.2) is 13.6 Å². The molecule has 3 N–H and O–H groups in total. The van der Waals surface area contributed by atoms with Gasteiger partial charge < -0.3 is 5.32 Å². The zero-order chi connectivity index (χ0) is 15.5. The van der Waals surface area contributed by atoms with Crippen LogP contribution in [0.2, 0.25) is 0 Å². The second kappa shape index (κ2) is 5.97. The van der Waals surface area contributed by atoms with Crippen LogP contribution in [-0.2, 0) is 10.0 Å². The molecule has 1 aromatic rings. The lowest BCUT2D eigenvalue weighted by Crippen LogP contribution is -2.25. The number of carbonyl (C=O) groups excluding carboxylic acids is 1. The van der Waals surface area contributed by atoms with Gasteiger partial charge in [-0.1, -0.05) is 6.92 Å². The van der Waals surface area contributed by atoms with Crippen molar-refractivity contribution in [1.29, 1.82) is 0 Å². The number of rotatable bonds is 5. The van der Waals surface area contributed by atoms with Crippen LogP contribution in [0.4, 0.5) is 5.69 Å². The molecule has 1 aromatic carbocycles. The maximum Gasteiger partial charge on any atom is 0.274 e. The van der Waals surface area contributed by atoms with Gasteiger partial charge in [-0.05, 0) is 19.4 Å². The highest BCUT2D eigenvalue weighted by Gasteiger charge is 2.23. The van der Waals surface area contributed by atoms with Crippen molar-refractivity contribution < 1.29 is 18.1 Å². The molecule has 0 unspecified atom stereocenters. The van der Waals surface area contributed by atoms with Gasteiger partial charge in [-0.2, -0.15) is 0 Å². The quantitative estimate of drug-likeness (QED) is 0.610. The number of hydrogen-bond acceptors (Lipinski definition) is 5. The number of sulfonamides is 1. The molecule has 0 aliphatic carbocycles. The largest absolute Gasteiger partial charge is 0.352 e. The van der Waals surface area contributed by atoms with Gasteiger partial charge >= 0.3 is 0 Å². The summed E-state index contributed by atoms with van der Waals surface area (Å²) in [4.78, 5) is 21.6. The Balaban J connectivity index is 3.46. The fraction of sp³-hybridized carbons (Fsp3) is 0.364. The van der Waals surface area contributed by atoms with Crippen LogP contribution in [0.25, 0.3) is 0 Å². The number of primary sulfonamides is 1. The van der Waals surface area contributed by atoms with Gasteiger partial charge in [0.1, 0.15) is 0 Å². The van der Waals surface area contributed by atoms with Gasteiger partial charge in [-0.15, -0.1) is 0 Å². The minimum atomic E-state index is -4.14. The summed E-state index contributed by atoms with van der Waals surface area (Å²) < 4.78 is 22.7. The number of nitrogens with two attached hydrogens (primary N) is 1. The van der Waals surface area contributed by atoms with Crippen molar-refractivity contribution in [1.82, 2.24) is 5.32 Å². The Kier molecular flexibility index (Phi) is 4.79. The number of nitro groups is 1. The van der Waals surface area contributed by atoms with Crippen LogP contribution in [0.1, 0.15) is 29.3 Å². The van der Waals surface area contributed by atoms with Crippen LogP contribution >= 0.6 is 0 Å². The molecule has 0 bridgehead atoms. The highest BCUT2D eigenvalue weighted by Crippen LogP contribution is 2.25. The first-order valence-corrected chi connectivity index (χ1v) is 7.33. The minimum absolute atomic E-state index is 0.0725. The minimum Gasteiger partial charge on any atom is -0.352 e. The van der Waals surface area contributed by atoms with E-state index in [1.807, 2.05) is 6.92 Å². The highest BCUT2D eigenvalue weighted by atomic mass is 32.2. The molecule has 0 aliphatic rings. The Morgan fingerprint density at radius 1 is 1.45 bits per heavy atom. The van der Waals surface area contributed by atoms with Crippen LogP contribution in [0.15, 0.2) is 17.0 Å². The van der Waals surface area contributed by atoms with Crippen LogP contribution < -0.4 is 10.5 Å². The molecule has 0 saturated carbocycles. The lowest BCUT2D eigenvalue weighted by atomic mass is 10.1. The van der Waals surface area contributed by atoms with Gasteiger partial charge in [0, 0.05) is 18.2 Å². The molecule has 9 heteroatoms. The smallest absolute Gasteiger partial charge is 0.274 e. The summed E-state index contributed by atoms with van der Waals surface area (Å²) in [5.74, 6) is -0.571. The second-order valence-electron chi connectivity index (χ2n) is 4.17. The third-order valence-electron chi connectivity index (χ3n) is 2.66. The first-order valence-electron chi connectivity index (χ1n) is 5.78. The summed E-state index contributed by atoms with van der Waals surface area (Å²) in [6, 6.07) is 1.89. The lowest BCUT2D eigenvalue weighted by molar-refractivity contribution is -0.385. The summed E-state index contributed by atoms with van der Waals surface area (Å²) in [5.41, 5.74) is -0.439.